The summed E-state index contributed by atoms with van der Waals surface area (Å²) in [4.78, 5) is 6.20. The summed E-state index contributed by atoms with van der Waals surface area (Å²) >= 11 is 0. The highest BCUT2D eigenvalue weighted by Gasteiger charge is 2.21. The van der Waals surface area contributed by atoms with Crippen LogP contribution in [0, 0.1) is 6.92 Å². The van der Waals surface area contributed by atoms with Gasteiger partial charge in [-0.25, -0.2) is 0 Å². The molecule has 2 aromatic carbocycles. The molecular weight excluding hydrogens is 346 g/mol. The van der Waals surface area contributed by atoms with E-state index in [0.717, 1.165) is 18.8 Å². The third-order valence-electron chi connectivity index (χ3n) is 6.18. The van der Waals surface area contributed by atoms with E-state index in [0.29, 0.717) is 5.92 Å². The van der Waals surface area contributed by atoms with Gasteiger partial charge in [0, 0.05) is 35.2 Å². The molecule has 0 aliphatic carbocycles. The first-order chi connectivity index (χ1) is 13.7. The summed E-state index contributed by atoms with van der Waals surface area (Å²) in [6, 6.07) is 15.3. The molecule has 0 saturated carbocycles. The quantitative estimate of drug-likeness (QED) is 0.662. The minimum Gasteiger partial charge on any atom is -0.497 e. The van der Waals surface area contributed by atoms with Gasteiger partial charge < -0.3 is 19.9 Å². The molecule has 0 radical (unpaired) electrons. The van der Waals surface area contributed by atoms with E-state index >= 15 is 0 Å². The van der Waals surface area contributed by atoms with E-state index < -0.39 is 0 Å². The summed E-state index contributed by atoms with van der Waals surface area (Å²) in [6.45, 7) is 6.85. The van der Waals surface area contributed by atoms with Gasteiger partial charge in [-0.15, -0.1) is 0 Å². The number of hydrogen-bond donors (Lipinski definition) is 2. The fourth-order valence-corrected chi connectivity index (χ4v) is 4.43. The molecule has 0 atom stereocenters. The number of aromatic nitrogens is 1. The SMILES string of the molecule is CNCCN1CCC(c2ccc3[nH]c(-c4cccc(OC)c4)c(C)c3c2)CC1. The third-order valence-corrected chi connectivity index (χ3v) is 6.18. The molecule has 2 heterocycles. The number of likely N-dealkylation sites (N-methyl/N-ethyl adjacent to an activating group) is 1. The minimum atomic E-state index is 0.671. The molecule has 1 fully saturated rings. The van der Waals surface area contributed by atoms with Crippen LogP contribution < -0.4 is 10.1 Å². The van der Waals surface area contributed by atoms with E-state index in [-0.39, 0.29) is 0 Å². The molecule has 1 saturated heterocycles. The third kappa shape index (κ3) is 3.80. The molecule has 0 spiro atoms. The summed E-state index contributed by atoms with van der Waals surface area (Å²) in [6.07, 6.45) is 2.50. The van der Waals surface area contributed by atoms with Crippen molar-refractivity contribution in [2.24, 2.45) is 0 Å². The van der Waals surface area contributed by atoms with E-state index in [4.69, 9.17) is 4.74 Å². The van der Waals surface area contributed by atoms with Crippen LogP contribution in [0.5, 0.6) is 5.75 Å². The van der Waals surface area contributed by atoms with E-state index in [1.54, 1.807) is 7.11 Å². The Morgan fingerprint density at radius 3 is 2.71 bits per heavy atom. The first-order valence-corrected chi connectivity index (χ1v) is 10.3. The second-order valence-corrected chi connectivity index (χ2v) is 7.88. The summed E-state index contributed by atoms with van der Waals surface area (Å²) in [5.41, 5.74) is 6.38. The van der Waals surface area contributed by atoms with Gasteiger partial charge in [-0.1, -0.05) is 18.2 Å². The number of likely N-dealkylation sites (tertiary alicyclic amines) is 1. The van der Waals surface area contributed by atoms with Crippen LogP contribution in [0.1, 0.15) is 29.9 Å². The van der Waals surface area contributed by atoms with E-state index in [1.807, 2.05) is 19.2 Å². The van der Waals surface area contributed by atoms with Gasteiger partial charge in [-0.3, -0.25) is 0 Å². The molecule has 0 bridgehead atoms. The first kappa shape index (κ1) is 19.0. The fraction of sp³-hybridized carbons (Fsp3) is 0.417. The van der Waals surface area contributed by atoms with Gasteiger partial charge >= 0.3 is 0 Å². The molecule has 1 aliphatic heterocycles. The largest absolute Gasteiger partial charge is 0.497 e. The Morgan fingerprint density at radius 1 is 1.14 bits per heavy atom. The highest BCUT2D eigenvalue weighted by Crippen LogP contribution is 2.35. The number of ether oxygens (including phenoxy) is 1. The Hall–Kier alpha value is -2.30. The highest BCUT2D eigenvalue weighted by molar-refractivity contribution is 5.91. The Morgan fingerprint density at radius 2 is 1.96 bits per heavy atom. The molecule has 4 heteroatoms. The molecule has 4 nitrogen and oxygen atoms in total. The van der Waals surface area contributed by atoms with E-state index in [1.165, 1.54) is 59.2 Å². The summed E-state index contributed by atoms with van der Waals surface area (Å²) in [5.74, 6) is 1.56. The molecule has 2 N–H and O–H groups in total. The van der Waals surface area contributed by atoms with Gasteiger partial charge in [0.15, 0.2) is 0 Å². The van der Waals surface area contributed by atoms with Crippen molar-refractivity contribution in [2.75, 3.05) is 40.3 Å². The molecule has 1 aliphatic rings. The zero-order valence-electron chi connectivity index (χ0n) is 17.2. The highest BCUT2D eigenvalue weighted by atomic mass is 16.5. The maximum atomic E-state index is 5.40. The van der Waals surface area contributed by atoms with Gasteiger partial charge in [0.1, 0.15) is 5.75 Å². The molecule has 28 heavy (non-hydrogen) atoms. The number of aryl methyl sites for hydroxylation is 1. The topological polar surface area (TPSA) is 40.3 Å². The lowest BCUT2D eigenvalue weighted by Crippen LogP contribution is -2.37. The van der Waals surface area contributed by atoms with Crippen molar-refractivity contribution in [3.05, 3.63) is 53.6 Å². The number of nitrogens with one attached hydrogen (secondary N) is 2. The lowest BCUT2D eigenvalue weighted by Gasteiger charge is -2.32. The van der Waals surface area contributed by atoms with Crippen LogP contribution in [0.4, 0.5) is 0 Å². The average Bonchev–Trinajstić information content (AvgIpc) is 3.08. The zero-order valence-corrected chi connectivity index (χ0v) is 17.2. The summed E-state index contributed by atoms with van der Waals surface area (Å²) in [5, 5.41) is 4.59. The fourth-order valence-electron chi connectivity index (χ4n) is 4.43. The number of piperidine rings is 1. The number of fused-ring (bicyclic) bond motifs is 1. The molecular formula is C24H31N3O. The molecule has 148 valence electrons. The number of benzene rings is 2. The monoisotopic (exact) mass is 377 g/mol. The van der Waals surface area contributed by atoms with Crippen LogP contribution in [0.3, 0.4) is 0 Å². The zero-order chi connectivity index (χ0) is 19.5. The number of H-pyrrole nitrogens is 1. The second kappa shape index (κ2) is 8.38. The smallest absolute Gasteiger partial charge is 0.119 e. The van der Waals surface area contributed by atoms with Crippen molar-refractivity contribution >= 4 is 10.9 Å². The lowest BCUT2D eigenvalue weighted by molar-refractivity contribution is 0.214. The Bertz CT molecular complexity index is 938. The molecule has 0 amide bonds. The van der Waals surface area contributed by atoms with Gasteiger partial charge in [0.2, 0.25) is 0 Å². The molecule has 1 aromatic heterocycles. The van der Waals surface area contributed by atoms with Crippen molar-refractivity contribution in [2.45, 2.75) is 25.7 Å². The van der Waals surface area contributed by atoms with Crippen LogP contribution in [-0.2, 0) is 0 Å². The number of nitrogens with zero attached hydrogens (tertiary/aromatic N) is 1. The number of hydrogen-bond acceptors (Lipinski definition) is 3. The number of rotatable bonds is 6. The Labute approximate surface area is 167 Å². The number of aromatic amines is 1. The van der Waals surface area contributed by atoms with E-state index in [2.05, 4.69) is 52.5 Å². The van der Waals surface area contributed by atoms with Gasteiger partial charge in [0.25, 0.3) is 0 Å². The standard InChI is InChI=1S/C24H31N3O/c1-17-22-16-19(18-9-12-27(13-10-18)14-11-25-2)7-8-23(22)26-24(17)20-5-4-6-21(15-20)28-3/h4-8,15-16,18,25-26H,9-14H2,1-3H3. The van der Waals surface area contributed by atoms with E-state index in [9.17, 15) is 0 Å². The molecule has 3 aromatic rings. The lowest BCUT2D eigenvalue weighted by atomic mass is 9.88. The summed E-state index contributed by atoms with van der Waals surface area (Å²) < 4.78 is 5.40. The minimum absolute atomic E-state index is 0.671. The van der Waals surface area contributed by atoms with Crippen molar-refractivity contribution < 1.29 is 4.74 Å². The average molecular weight is 378 g/mol. The van der Waals surface area contributed by atoms with Gasteiger partial charge in [-0.05, 0) is 81.2 Å². The predicted molar refractivity (Wildman–Crippen MR) is 117 cm³/mol. The van der Waals surface area contributed by atoms with Gasteiger partial charge in [-0.2, -0.15) is 0 Å². The van der Waals surface area contributed by atoms with Crippen LogP contribution in [-0.4, -0.2) is 50.2 Å². The second-order valence-electron chi connectivity index (χ2n) is 7.88. The van der Waals surface area contributed by atoms with Crippen molar-refractivity contribution in [1.82, 2.24) is 15.2 Å². The maximum absolute atomic E-state index is 5.40. The number of methoxy groups -OCH3 is 1. The Balaban J connectivity index is 1.57. The normalized spacial score (nSPS) is 16.0. The van der Waals surface area contributed by atoms with Gasteiger partial charge in [0.05, 0.1) is 7.11 Å². The first-order valence-electron chi connectivity index (χ1n) is 10.3. The van der Waals surface area contributed by atoms with Crippen LogP contribution in [0.25, 0.3) is 22.2 Å². The predicted octanol–water partition coefficient (Wildman–Crippen LogP) is 4.55. The van der Waals surface area contributed by atoms with Crippen molar-refractivity contribution in [3.63, 3.8) is 0 Å². The maximum Gasteiger partial charge on any atom is 0.119 e. The Kier molecular flexibility index (Phi) is 5.69. The van der Waals surface area contributed by atoms with Crippen molar-refractivity contribution in [3.8, 4) is 17.0 Å². The van der Waals surface area contributed by atoms with Crippen LogP contribution >= 0.6 is 0 Å². The van der Waals surface area contributed by atoms with Crippen LogP contribution in [0.2, 0.25) is 0 Å². The molecule has 4 rings (SSSR count). The van der Waals surface area contributed by atoms with Crippen LogP contribution in [0.15, 0.2) is 42.5 Å². The molecule has 0 unspecified atom stereocenters. The summed E-state index contributed by atoms with van der Waals surface area (Å²) in [7, 11) is 3.74. The van der Waals surface area contributed by atoms with Crippen molar-refractivity contribution in [1.29, 1.82) is 0 Å².